The molecule has 5 heteroatoms. The molecule has 116 valence electrons. The van der Waals surface area contributed by atoms with Gasteiger partial charge in [-0.2, -0.15) is 0 Å². The first kappa shape index (κ1) is 17.0. The number of esters is 1. The number of amides is 1. The second kappa shape index (κ2) is 8.25. The molecular weight excluding hydrogens is 256 g/mol. The minimum Gasteiger partial charge on any atom is -0.467 e. The summed E-state index contributed by atoms with van der Waals surface area (Å²) in [5, 5.41) is 6.10. The highest BCUT2D eigenvalue weighted by Crippen LogP contribution is 2.20. The van der Waals surface area contributed by atoms with Gasteiger partial charge in [0.2, 0.25) is 5.91 Å². The molecule has 0 aliphatic carbocycles. The van der Waals surface area contributed by atoms with Crippen molar-refractivity contribution in [1.82, 2.24) is 10.6 Å². The van der Waals surface area contributed by atoms with Crippen LogP contribution in [-0.4, -0.2) is 37.6 Å². The molecule has 1 rings (SSSR count). The highest BCUT2D eigenvalue weighted by molar-refractivity contribution is 5.87. The summed E-state index contributed by atoms with van der Waals surface area (Å²) in [5.41, 5.74) is 0. The standard InChI is InChI=1S/C15H28N2O3/c1-5-10(3)13(15(19)20-4)17-14(18)12-9-11(6-2)7-8-16-12/h10-13,16H,5-9H2,1-4H3,(H,17,18). The van der Waals surface area contributed by atoms with Crippen molar-refractivity contribution in [3.63, 3.8) is 0 Å². The predicted octanol–water partition coefficient (Wildman–Crippen LogP) is 1.47. The van der Waals surface area contributed by atoms with Gasteiger partial charge >= 0.3 is 5.97 Å². The van der Waals surface area contributed by atoms with Gasteiger partial charge in [-0.3, -0.25) is 4.79 Å². The third-order valence-corrected chi connectivity index (χ3v) is 4.37. The van der Waals surface area contributed by atoms with Crippen molar-refractivity contribution in [2.45, 2.75) is 58.5 Å². The highest BCUT2D eigenvalue weighted by atomic mass is 16.5. The van der Waals surface area contributed by atoms with E-state index in [1.807, 2.05) is 13.8 Å². The Morgan fingerprint density at radius 2 is 2.10 bits per heavy atom. The average Bonchev–Trinajstić information content (AvgIpc) is 2.50. The smallest absolute Gasteiger partial charge is 0.328 e. The zero-order chi connectivity index (χ0) is 15.1. The lowest BCUT2D eigenvalue weighted by molar-refractivity contribution is -0.147. The number of rotatable bonds is 6. The van der Waals surface area contributed by atoms with Crippen LogP contribution in [0.5, 0.6) is 0 Å². The van der Waals surface area contributed by atoms with Crippen LogP contribution in [0.1, 0.15) is 46.5 Å². The summed E-state index contributed by atoms with van der Waals surface area (Å²) < 4.78 is 4.79. The summed E-state index contributed by atoms with van der Waals surface area (Å²) in [6.45, 7) is 6.97. The van der Waals surface area contributed by atoms with Gasteiger partial charge in [0.05, 0.1) is 13.2 Å². The van der Waals surface area contributed by atoms with Crippen LogP contribution in [0.25, 0.3) is 0 Å². The summed E-state index contributed by atoms with van der Waals surface area (Å²) >= 11 is 0. The Morgan fingerprint density at radius 3 is 2.65 bits per heavy atom. The molecule has 1 saturated heterocycles. The molecule has 5 nitrogen and oxygen atoms in total. The molecule has 0 bridgehead atoms. The van der Waals surface area contributed by atoms with Crippen LogP contribution < -0.4 is 10.6 Å². The third-order valence-electron chi connectivity index (χ3n) is 4.37. The molecule has 0 saturated carbocycles. The normalized spacial score (nSPS) is 25.6. The summed E-state index contributed by atoms with van der Waals surface area (Å²) in [7, 11) is 1.36. The van der Waals surface area contributed by atoms with E-state index >= 15 is 0 Å². The van der Waals surface area contributed by atoms with Crippen molar-refractivity contribution < 1.29 is 14.3 Å². The molecule has 0 aromatic carbocycles. The number of carbonyl (C=O) groups is 2. The fourth-order valence-electron chi connectivity index (χ4n) is 2.62. The molecule has 4 atom stereocenters. The number of carbonyl (C=O) groups excluding carboxylic acids is 2. The van der Waals surface area contributed by atoms with Crippen LogP contribution in [0.2, 0.25) is 0 Å². The Labute approximate surface area is 121 Å². The van der Waals surface area contributed by atoms with Gasteiger partial charge in [-0.1, -0.05) is 33.6 Å². The summed E-state index contributed by atoms with van der Waals surface area (Å²) in [5.74, 6) is 0.207. The molecule has 0 spiro atoms. The van der Waals surface area contributed by atoms with Crippen LogP contribution in [0.15, 0.2) is 0 Å². The molecule has 1 heterocycles. The fourth-order valence-corrected chi connectivity index (χ4v) is 2.62. The number of piperidine rings is 1. The quantitative estimate of drug-likeness (QED) is 0.725. The number of nitrogens with one attached hydrogen (secondary N) is 2. The number of hydrogen-bond acceptors (Lipinski definition) is 4. The summed E-state index contributed by atoms with van der Waals surface area (Å²) in [6, 6.07) is -0.744. The minimum atomic E-state index is -0.554. The molecule has 0 aromatic rings. The molecule has 20 heavy (non-hydrogen) atoms. The van der Waals surface area contributed by atoms with Crippen molar-refractivity contribution in [2.75, 3.05) is 13.7 Å². The topological polar surface area (TPSA) is 67.4 Å². The van der Waals surface area contributed by atoms with Crippen molar-refractivity contribution >= 4 is 11.9 Å². The van der Waals surface area contributed by atoms with Gasteiger partial charge < -0.3 is 15.4 Å². The molecule has 0 radical (unpaired) electrons. The van der Waals surface area contributed by atoms with E-state index in [4.69, 9.17) is 4.74 Å². The first-order valence-electron chi connectivity index (χ1n) is 7.65. The molecular formula is C15H28N2O3. The third kappa shape index (κ3) is 4.47. The van der Waals surface area contributed by atoms with Gasteiger partial charge in [0.1, 0.15) is 6.04 Å². The average molecular weight is 284 g/mol. The first-order chi connectivity index (χ1) is 9.53. The number of methoxy groups -OCH3 is 1. The lowest BCUT2D eigenvalue weighted by Crippen LogP contribution is -2.54. The molecule has 1 aliphatic rings. The van der Waals surface area contributed by atoms with Crippen LogP contribution in [0.3, 0.4) is 0 Å². The Balaban J connectivity index is 2.63. The minimum absolute atomic E-state index is 0.0666. The fraction of sp³-hybridized carbons (Fsp3) is 0.867. The predicted molar refractivity (Wildman–Crippen MR) is 78.2 cm³/mol. The van der Waals surface area contributed by atoms with E-state index in [2.05, 4.69) is 17.6 Å². The Morgan fingerprint density at radius 1 is 1.40 bits per heavy atom. The highest BCUT2D eigenvalue weighted by Gasteiger charge is 2.31. The van der Waals surface area contributed by atoms with Crippen LogP contribution in [0.4, 0.5) is 0 Å². The zero-order valence-corrected chi connectivity index (χ0v) is 13.1. The second-order valence-electron chi connectivity index (χ2n) is 5.70. The lowest BCUT2D eigenvalue weighted by atomic mass is 9.89. The Kier molecular flexibility index (Phi) is 6.99. The summed E-state index contributed by atoms with van der Waals surface area (Å²) in [4.78, 5) is 24.1. The SMILES string of the molecule is CCC1CCNC(C(=O)NC(C(=O)OC)C(C)CC)C1. The lowest BCUT2D eigenvalue weighted by Gasteiger charge is -2.31. The monoisotopic (exact) mass is 284 g/mol. The van der Waals surface area contributed by atoms with Crippen molar-refractivity contribution in [2.24, 2.45) is 11.8 Å². The Hall–Kier alpha value is -1.10. The largest absolute Gasteiger partial charge is 0.467 e. The van der Waals surface area contributed by atoms with E-state index in [1.54, 1.807) is 0 Å². The van der Waals surface area contributed by atoms with Crippen LogP contribution in [0, 0.1) is 11.8 Å². The Bertz CT molecular complexity index is 333. The molecule has 1 fully saturated rings. The molecule has 1 aliphatic heterocycles. The van der Waals surface area contributed by atoms with E-state index in [-0.39, 0.29) is 23.8 Å². The zero-order valence-electron chi connectivity index (χ0n) is 13.1. The van der Waals surface area contributed by atoms with Crippen molar-refractivity contribution in [3.05, 3.63) is 0 Å². The number of hydrogen-bond donors (Lipinski definition) is 2. The molecule has 4 unspecified atom stereocenters. The van der Waals surface area contributed by atoms with Gasteiger partial charge in [-0.05, 0) is 31.2 Å². The molecule has 1 amide bonds. The van der Waals surface area contributed by atoms with Crippen molar-refractivity contribution in [3.8, 4) is 0 Å². The first-order valence-corrected chi connectivity index (χ1v) is 7.65. The van der Waals surface area contributed by atoms with Crippen LogP contribution >= 0.6 is 0 Å². The van der Waals surface area contributed by atoms with Gasteiger partial charge in [-0.15, -0.1) is 0 Å². The van der Waals surface area contributed by atoms with Gasteiger partial charge in [0.15, 0.2) is 0 Å². The van der Waals surface area contributed by atoms with Gasteiger partial charge in [0, 0.05) is 0 Å². The van der Waals surface area contributed by atoms with Crippen molar-refractivity contribution in [1.29, 1.82) is 0 Å². The number of ether oxygens (including phenoxy) is 1. The van der Waals surface area contributed by atoms with E-state index in [9.17, 15) is 9.59 Å². The molecule has 0 aromatic heterocycles. The van der Waals surface area contributed by atoms with E-state index in [0.717, 1.165) is 32.2 Å². The maximum atomic E-state index is 12.3. The second-order valence-corrected chi connectivity index (χ2v) is 5.70. The molecule has 2 N–H and O–H groups in total. The van der Waals surface area contributed by atoms with E-state index in [1.165, 1.54) is 7.11 Å². The van der Waals surface area contributed by atoms with Gasteiger partial charge in [-0.25, -0.2) is 4.79 Å². The van der Waals surface area contributed by atoms with Crippen LogP contribution in [-0.2, 0) is 14.3 Å². The van der Waals surface area contributed by atoms with E-state index < -0.39 is 6.04 Å². The van der Waals surface area contributed by atoms with Gasteiger partial charge in [0.25, 0.3) is 0 Å². The maximum Gasteiger partial charge on any atom is 0.328 e. The van der Waals surface area contributed by atoms with E-state index in [0.29, 0.717) is 5.92 Å². The maximum absolute atomic E-state index is 12.3. The summed E-state index contributed by atoms with van der Waals surface area (Å²) in [6.07, 6.45) is 3.87.